The van der Waals surface area contributed by atoms with Crippen molar-refractivity contribution in [3.05, 3.63) is 307 Å². The molecule has 0 N–H and O–H groups in total. The van der Waals surface area contributed by atoms with Gasteiger partial charge in [-0.1, -0.05) is 290 Å². The second kappa shape index (κ2) is 26.6. The summed E-state index contributed by atoms with van der Waals surface area (Å²) in [5, 5.41) is 5.45. The first-order chi connectivity index (χ1) is 59.2. The number of para-hydroxylation sites is 4. The zero-order chi connectivity index (χ0) is 84.0. The quantitative estimate of drug-likeness (QED) is 0.139. The third kappa shape index (κ3) is 11.4. The minimum absolute atomic E-state index is 0.00182. The van der Waals surface area contributed by atoms with Crippen LogP contribution in [0.4, 0.5) is 0 Å². The van der Waals surface area contributed by atoms with Gasteiger partial charge in [0.1, 0.15) is 92.0 Å². The second-order valence-corrected chi connectivity index (χ2v) is 39.6. The van der Waals surface area contributed by atoms with Gasteiger partial charge in [0.2, 0.25) is 6.71 Å². The predicted molar refractivity (Wildman–Crippen MR) is 509 cm³/mol. The fourth-order valence-corrected chi connectivity index (χ4v) is 21.0. The number of ether oxygens (including phenoxy) is 8. The van der Waals surface area contributed by atoms with Crippen LogP contribution in [0.2, 0.25) is 0 Å². The average molecular weight is 1600 g/mol. The molecule has 0 saturated heterocycles. The number of fused-ring (bicyclic) bond motifs is 16. The molecule has 0 fully saturated rings. The van der Waals surface area contributed by atoms with Crippen LogP contribution in [0.1, 0.15) is 132 Å². The highest BCUT2D eigenvalue weighted by Crippen LogP contribution is 2.50. The van der Waals surface area contributed by atoms with E-state index in [1.54, 1.807) is 5.46 Å². The molecule has 10 aliphatic heterocycles. The van der Waals surface area contributed by atoms with Crippen molar-refractivity contribution in [3.8, 4) is 114 Å². The van der Waals surface area contributed by atoms with E-state index in [0.29, 0.717) is 6.71 Å². The number of hydrogen-bond donors (Lipinski definition) is 0. The van der Waals surface area contributed by atoms with Gasteiger partial charge in [-0.2, -0.15) is 0 Å². The van der Waals surface area contributed by atoms with Crippen LogP contribution in [-0.4, -0.2) is 31.3 Å². The number of nitrogens with zero attached hydrogens (tertiary/aromatic N) is 1. The highest BCUT2D eigenvalue weighted by Gasteiger charge is 2.51. The Balaban J connectivity index is 0.0000000891. The number of benzene rings is 15. The first-order valence-corrected chi connectivity index (χ1v) is 43.4. The Morgan fingerprint density at radius 1 is 0.211 bits per heavy atom. The van der Waals surface area contributed by atoms with Gasteiger partial charge in [-0.3, -0.25) is 0 Å². The van der Waals surface area contributed by atoms with Crippen molar-refractivity contribution in [2.24, 2.45) is 0 Å². The molecule has 0 spiro atoms. The monoisotopic (exact) mass is 1600 g/mol. The Morgan fingerprint density at radius 2 is 0.528 bits per heavy atom. The molecular formula is C110H91B4NO8. The maximum Gasteiger partial charge on any atom is 0.270 e. The summed E-state index contributed by atoms with van der Waals surface area (Å²) >= 11 is 0. The molecule has 123 heavy (non-hydrogen) atoms. The van der Waals surface area contributed by atoms with Crippen molar-refractivity contribution in [2.75, 3.05) is 0 Å². The maximum atomic E-state index is 6.45. The number of hydrogen-bond acceptors (Lipinski definition) is 8. The van der Waals surface area contributed by atoms with Gasteiger partial charge in [-0.05, 0) is 197 Å². The van der Waals surface area contributed by atoms with E-state index in [0.717, 1.165) is 130 Å². The Morgan fingerprint density at radius 3 is 0.992 bits per heavy atom. The molecule has 12 heterocycles. The standard InChI is InChI=1S/2C22H17BO3.C22H19BO2.C22H19B.C22H19N/c1-22(2,3)12-10-17-21-18(11-12)26-16-9-5-7-14-20(16)23(21)19-13(24-14)6-4-8-15(19)25-17;1-22(2,3)12-10-11-17-20-21(12)26-16-9-5-8-15-19(16)23(20)18-13(24-15)6-4-7-14(18)25-17;1-22(2,3)14-12-13-19-20-21(14)25-18-11-7-5-9-16(18)23(20)15-8-4-6-10-17(15)24-19;1-22(2,3)17-13-12-15-14-8-4-6-10-18(14)23-19-11-7-5-9-16(19)20(17)21(15)23;1-22(2,3)14-12-17-15-8-4-6-10-19(15)23-20-11-7-5-9-16(20)18(13-14)21(17)23/h2*4-11H,1-3H3;4-13H,1-3H3;2*4-13H,1-3H3. The molecule has 9 nitrogen and oxygen atoms in total. The lowest BCUT2D eigenvalue weighted by Crippen LogP contribution is -2.60. The van der Waals surface area contributed by atoms with Gasteiger partial charge in [0.15, 0.2) is 0 Å². The van der Waals surface area contributed by atoms with Crippen LogP contribution in [0.15, 0.2) is 279 Å². The molecule has 15 aromatic carbocycles. The first-order valence-electron chi connectivity index (χ1n) is 43.4. The molecule has 2 aromatic heterocycles. The van der Waals surface area contributed by atoms with Crippen molar-refractivity contribution in [2.45, 2.75) is 131 Å². The lowest BCUT2D eigenvalue weighted by Gasteiger charge is -2.39. The third-order valence-electron chi connectivity index (χ3n) is 26.7. The molecule has 0 aliphatic carbocycles. The van der Waals surface area contributed by atoms with E-state index < -0.39 is 0 Å². The smallest absolute Gasteiger partial charge is 0.270 e. The summed E-state index contributed by atoms with van der Waals surface area (Å²) < 4.78 is 52.8. The SMILES string of the molecule is CC(C)(C)c1cc2c3c(c1)Oc1cccc4c1B3c1c(cccc1O2)O4.CC(C)(C)c1cc2c3ccccc3n3c4ccccc4c(c1)c23.CC(C)(C)c1ccc2c3c1-c1ccccc1B3c1ccccc1-2.CC(C)(C)c1ccc2c3c1Oc1cccc4c1B3c1c(cccc1O2)O4.CC(C)(C)c1ccc2c3c1Oc1ccccc1B3c1ccccc1O2. The Labute approximate surface area is 720 Å². The Kier molecular flexibility index (Phi) is 16.2. The largest absolute Gasteiger partial charge is 0.458 e. The Bertz CT molecular complexity index is 7200. The van der Waals surface area contributed by atoms with Crippen LogP contribution in [0, 0.1) is 0 Å². The van der Waals surface area contributed by atoms with E-state index in [9.17, 15) is 0 Å². The van der Waals surface area contributed by atoms with Gasteiger partial charge in [0, 0.05) is 59.8 Å². The summed E-state index contributed by atoms with van der Waals surface area (Å²) in [7, 11) is 0. The molecule has 0 radical (unpaired) electrons. The molecule has 0 unspecified atom stereocenters. The molecule has 10 aliphatic rings. The van der Waals surface area contributed by atoms with Crippen LogP contribution >= 0.6 is 0 Å². The van der Waals surface area contributed by atoms with Gasteiger partial charge in [-0.25, -0.2) is 0 Å². The van der Waals surface area contributed by atoms with Crippen molar-refractivity contribution >= 4 is 130 Å². The summed E-state index contributed by atoms with van der Waals surface area (Å²) in [4.78, 5) is 0. The lowest BCUT2D eigenvalue weighted by molar-refractivity contribution is 0.431. The van der Waals surface area contributed by atoms with Crippen LogP contribution < -0.4 is 103 Å². The van der Waals surface area contributed by atoms with E-state index in [-0.39, 0.29) is 47.2 Å². The summed E-state index contributed by atoms with van der Waals surface area (Å²) in [5.74, 6) is 14.3. The second-order valence-electron chi connectivity index (χ2n) is 39.6. The van der Waals surface area contributed by atoms with Crippen molar-refractivity contribution in [3.63, 3.8) is 0 Å². The molecule has 0 atom stereocenters. The molecule has 0 bridgehead atoms. The normalized spacial score (nSPS) is 14.1. The molecule has 596 valence electrons. The fourth-order valence-electron chi connectivity index (χ4n) is 21.0. The van der Waals surface area contributed by atoms with Crippen LogP contribution in [0.5, 0.6) is 92.0 Å². The van der Waals surface area contributed by atoms with E-state index >= 15 is 0 Å². The van der Waals surface area contributed by atoms with Gasteiger partial charge in [-0.15, -0.1) is 0 Å². The van der Waals surface area contributed by atoms with Crippen LogP contribution in [0.3, 0.4) is 0 Å². The number of rotatable bonds is 0. The lowest BCUT2D eigenvalue weighted by atomic mass is 9.33. The molecule has 0 amide bonds. The molecule has 17 aromatic rings. The van der Waals surface area contributed by atoms with E-state index in [1.807, 2.05) is 91.0 Å². The van der Waals surface area contributed by atoms with Crippen molar-refractivity contribution < 1.29 is 37.9 Å². The summed E-state index contributed by atoms with van der Waals surface area (Å²) in [6.45, 7) is 34.6. The van der Waals surface area contributed by atoms with Gasteiger partial charge < -0.3 is 42.3 Å². The molecular weight excluding hydrogens is 1510 g/mol. The maximum absolute atomic E-state index is 6.45. The van der Waals surface area contributed by atoms with E-state index in [4.69, 9.17) is 37.9 Å². The van der Waals surface area contributed by atoms with E-state index in [2.05, 4.69) is 296 Å². The average Bonchev–Trinajstić information content (AvgIpc) is 1.53. The zero-order valence-corrected chi connectivity index (χ0v) is 72.1. The van der Waals surface area contributed by atoms with Gasteiger partial charge in [0.05, 0.1) is 16.6 Å². The molecule has 0 saturated carbocycles. The topological polar surface area (TPSA) is 78.3 Å². The van der Waals surface area contributed by atoms with Crippen molar-refractivity contribution in [1.82, 2.24) is 4.40 Å². The van der Waals surface area contributed by atoms with Crippen LogP contribution in [-0.2, 0) is 27.1 Å². The minimum atomic E-state index is -0.0234. The predicted octanol–water partition coefficient (Wildman–Crippen LogP) is 20.9. The third-order valence-corrected chi connectivity index (χ3v) is 26.7. The Hall–Kier alpha value is -13.2. The summed E-state index contributed by atoms with van der Waals surface area (Å²) in [6, 6.07) is 98.5. The molecule has 27 rings (SSSR count). The highest BCUT2D eigenvalue weighted by atomic mass is 16.5. The molecule has 13 heteroatoms. The highest BCUT2D eigenvalue weighted by molar-refractivity contribution is 7.03. The van der Waals surface area contributed by atoms with E-state index in [1.165, 1.54) is 110 Å². The summed E-state index contributed by atoms with van der Waals surface area (Å²) in [5.41, 5.74) is 31.3. The van der Waals surface area contributed by atoms with Crippen LogP contribution in [0.25, 0.3) is 60.3 Å². The summed E-state index contributed by atoms with van der Waals surface area (Å²) in [6.07, 6.45) is 0. The zero-order valence-electron chi connectivity index (χ0n) is 72.1. The van der Waals surface area contributed by atoms with Gasteiger partial charge in [0.25, 0.3) is 20.1 Å². The minimum Gasteiger partial charge on any atom is -0.458 e. The van der Waals surface area contributed by atoms with Crippen molar-refractivity contribution in [1.29, 1.82) is 0 Å². The van der Waals surface area contributed by atoms with Gasteiger partial charge >= 0.3 is 0 Å². The fraction of sp³-hybridized carbons (Fsp3) is 0.182. The first kappa shape index (κ1) is 74.8. The number of aromatic nitrogens is 1.